The largest absolute Gasteiger partial charge is 0.448 e. The number of benzene rings is 1. The fourth-order valence-corrected chi connectivity index (χ4v) is 2.92. The number of rotatable bonds is 2. The molecule has 5 nitrogen and oxygen atoms in total. The average Bonchev–Trinajstić information content (AvgIpc) is 3.12. The number of hydrogen-bond donors (Lipinski definition) is 1. The second-order valence-corrected chi connectivity index (χ2v) is 5.74. The number of alkyl halides is 3. The summed E-state index contributed by atoms with van der Waals surface area (Å²) in [6, 6.07) is 4.16. The highest BCUT2D eigenvalue weighted by molar-refractivity contribution is 5.93. The highest BCUT2D eigenvalue weighted by Crippen LogP contribution is 2.36. The van der Waals surface area contributed by atoms with Crippen molar-refractivity contribution in [1.82, 2.24) is 9.88 Å². The van der Waals surface area contributed by atoms with Gasteiger partial charge in [0.25, 0.3) is 5.91 Å². The third-order valence-electron chi connectivity index (χ3n) is 4.09. The van der Waals surface area contributed by atoms with E-state index in [-0.39, 0.29) is 18.7 Å². The van der Waals surface area contributed by atoms with Gasteiger partial charge in [-0.25, -0.2) is 4.98 Å². The molecule has 1 N–H and O–H groups in total. The number of likely N-dealkylation sites (tertiary alicyclic amines) is 1. The van der Waals surface area contributed by atoms with E-state index >= 15 is 0 Å². The summed E-state index contributed by atoms with van der Waals surface area (Å²) in [5, 5.41) is 9.92. The topological polar surface area (TPSA) is 66.6 Å². The van der Waals surface area contributed by atoms with E-state index in [1.165, 1.54) is 17.0 Å². The highest BCUT2D eigenvalue weighted by atomic mass is 19.4. The van der Waals surface area contributed by atoms with E-state index in [1.807, 2.05) is 0 Å². The van der Waals surface area contributed by atoms with Gasteiger partial charge in [-0.2, -0.15) is 13.2 Å². The van der Waals surface area contributed by atoms with Crippen molar-refractivity contribution in [2.75, 3.05) is 6.54 Å². The van der Waals surface area contributed by atoms with Gasteiger partial charge in [0.2, 0.25) is 0 Å². The van der Waals surface area contributed by atoms with Crippen molar-refractivity contribution in [2.45, 2.75) is 31.7 Å². The summed E-state index contributed by atoms with van der Waals surface area (Å²) in [4.78, 5) is 17.8. The van der Waals surface area contributed by atoms with Crippen molar-refractivity contribution in [3.63, 3.8) is 0 Å². The van der Waals surface area contributed by atoms with Crippen LogP contribution < -0.4 is 0 Å². The van der Waals surface area contributed by atoms with E-state index in [2.05, 4.69) is 4.98 Å². The Balaban J connectivity index is 1.94. The third kappa shape index (κ3) is 3.01. The molecule has 1 saturated heterocycles. The summed E-state index contributed by atoms with van der Waals surface area (Å²) in [7, 11) is 0. The number of aromatic nitrogens is 1. The van der Waals surface area contributed by atoms with Crippen molar-refractivity contribution < 1.29 is 27.5 Å². The number of oxazole rings is 1. The molecule has 1 fully saturated rings. The predicted octanol–water partition coefficient (Wildman–Crippen LogP) is 2.95. The third-order valence-corrected chi connectivity index (χ3v) is 4.09. The summed E-state index contributed by atoms with van der Waals surface area (Å²) in [5.74, 6) is -0.149. The maximum absolute atomic E-state index is 12.9. The maximum Gasteiger partial charge on any atom is 0.416 e. The lowest BCUT2D eigenvalue weighted by Crippen LogP contribution is -2.32. The second-order valence-electron chi connectivity index (χ2n) is 5.74. The summed E-state index contributed by atoms with van der Waals surface area (Å²) in [6.07, 6.45) is -3.97. The second kappa shape index (κ2) is 5.94. The Morgan fingerprint density at radius 2 is 2.17 bits per heavy atom. The molecule has 2 heterocycles. The standard InChI is InChI=1S/C16H15F3N2O3/c1-9-14(20-8-24-9)15(23)21-7-12(22)6-13(21)10-3-2-4-11(5-10)16(17,18)19/h2-5,8,12-13,22H,6-7H2,1H3/t12-,13-/m0/s1. The number of hydrogen-bond acceptors (Lipinski definition) is 4. The van der Waals surface area contributed by atoms with Crippen molar-refractivity contribution in [1.29, 1.82) is 0 Å². The van der Waals surface area contributed by atoms with Gasteiger partial charge < -0.3 is 14.4 Å². The Morgan fingerprint density at radius 1 is 1.42 bits per heavy atom. The first-order chi connectivity index (χ1) is 11.3. The van der Waals surface area contributed by atoms with Gasteiger partial charge in [0, 0.05) is 6.54 Å². The molecule has 1 aliphatic rings. The molecule has 128 valence electrons. The van der Waals surface area contributed by atoms with E-state index in [0.717, 1.165) is 18.5 Å². The Morgan fingerprint density at radius 3 is 2.79 bits per heavy atom. The van der Waals surface area contributed by atoms with Gasteiger partial charge in [0.1, 0.15) is 5.76 Å². The van der Waals surface area contributed by atoms with Crippen LogP contribution in [0.1, 0.15) is 39.8 Å². The first-order valence-corrected chi connectivity index (χ1v) is 7.33. The quantitative estimate of drug-likeness (QED) is 0.913. The Bertz CT molecular complexity index is 757. The minimum Gasteiger partial charge on any atom is -0.448 e. The maximum atomic E-state index is 12.9. The van der Waals surface area contributed by atoms with Crippen LogP contribution in [-0.4, -0.2) is 33.5 Å². The van der Waals surface area contributed by atoms with E-state index in [0.29, 0.717) is 11.3 Å². The number of β-amino-alcohol motifs (C(OH)–C–C–N with tert-alkyl or cyclic N) is 1. The number of carbonyl (C=O) groups excluding carboxylic acids is 1. The van der Waals surface area contributed by atoms with Crippen molar-refractivity contribution >= 4 is 5.91 Å². The van der Waals surface area contributed by atoms with E-state index in [9.17, 15) is 23.1 Å². The van der Waals surface area contributed by atoms with Gasteiger partial charge in [-0.3, -0.25) is 4.79 Å². The van der Waals surface area contributed by atoms with Gasteiger partial charge in [0.05, 0.1) is 17.7 Å². The van der Waals surface area contributed by atoms with Gasteiger partial charge in [-0.05, 0) is 31.0 Å². The van der Waals surface area contributed by atoms with Crippen LogP contribution in [0.5, 0.6) is 0 Å². The van der Waals surface area contributed by atoms with Gasteiger partial charge in [-0.1, -0.05) is 12.1 Å². The molecule has 0 saturated carbocycles. The van der Waals surface area contributed by atoms with Crippen LogP contribution in [-0.2, 0) is 6.18 Å². The molecule has 0 unspecified atom stereocenters. The highest BCUT2D eigenvalue weighted by Gasteiger charge is 2.38. The smallest absolute Gasteiger partial charge is 0.416 e. The molecule has 0 radical (unpaired) electrons. The van der Waals surface area contributed by atoms with Crippen LogP contribution in [0.15, 0.2) is 35.1 Å². The molecule has 1 aromatic carbocycles. The molecule has 0 spiro atoms. The van der Waals surface area contributed by atoms with Crippen LogP contribution in [0.3, 0.4) is 0 Å². The van der Waals surface area contributed by atoms with Crippen LogP contribution in [0, 0.1) is 6.92 Å². The zero-order valence-corrected chi connectivity index (χ0v) is 12.7. The van der Waals surface area contributed by atoms with Crippen LogP contribution >= 0.6 is 0 Å². The fraction of sp³-hybridized carbons (Fsp3) is 0.375. The molecule has 1 amide bonds. The van der Waals surface area contributed by atoms with Crippen LogP contribution in [0.25, 0.3) is 0 Å². The molecule has 0 bridgehead atoms. The minimum absolute atomic E-state index is 0.0338. The van der Waals surface area contributed by atoms with Gasteiger partial charge >= 0.3 is 6.18 Å². The molecular formula is C16H15F3N2O3. The number of carbonyl (C=O) groups is 1. The summed E-state index contributed by atoms with van der Waals surface area (Å²) in [6.45, 7) is 1.61. The number of aliphatic hydroxyl groups excluding tert-OH is 1. The molecule has 2 atom stereocenters. The lowest BCUT2D eigenvalue weighted by molar-refractivity contribution is -0.137. The molecule has 1 aromatic heterocycles. The molecule has 1 aliphatic heterocycles. The van der Waals surface area contributed by atoms with Gasteiger partial charge in [-0.15, -0.1) is 0 Å². The van der Waals surface area contributed by atoms with E-state index in [1.54, 1.807) is 6.92 Å². The lowest BCUT2D eigenvalue weighted by Gasteiger charge is -2.24. The molecule has 8 heteroatoms. The monoisotopic (exact) mass is 340 g/mol. The average molecular weight is 340 g/mol. The van der Waals surface area contributed by atoms with Crippen molar-refractivity contribution in [3.05, 3.63) is 53.2 Å². The summed E-state index contributed by atoms with van der Waals surface area (Å²) in [5.41, 5.74) is -0.358. The first-order valence-electron chi connectivity index (χ1n) is 7.33. The lowest BCUT2D eigenvalue weighted by atomic mass is 10.0. The van der Waals surface area contributed by atoms with Crippen molar-refractivity contribution in [3.8, 4) is 0 Å². The van der Waals surface area contributed by atoms with Crippen molar-refractivity contribution in [2.24, 2.45) is 0 Å². The number of halogens is 3. The first kappa shape index (κ1) is 16.5. The Kier molecular flexibility index (Phi) is 4.08. The minimum atomic E-state index is -4.47. The number of nitrogens with zero attached hydrogens (tertiary/aromatic N) is 2. The Hall–Kier alpha value is -2.35. The molecular weight excluding hydrogens is 325 g/mol. The van der Waals surface area contributed by atoms with Crippen LogP contribution in [0.2, 0.25) is 0 Å². The molecule has 0 aliphatic carbocycles. The number of aryl methyl sites for hydroxylation is 1. The summed E-state index contributed by atoms with van der Waals surface area (Å²) >= 11 is 0. The van der Waals surface area contributed by atoms with E-state index in [4.69, 9.17) is 4.42 Å². The zero-order chi connectivity index (χ0) is 17.5. The van der Waals surface area contributed by atoms with E-state index < -0.39 is 29.8 Å². The molecule has 3 rings (SSSR count). The SMILES string of the molecule is Cc1ocnc1C(=O)N1C[C@@H](O)C[C@H]1c1cccc(C(F)(F)F)c1. The normalized spacial score (nSPS) is 21.3. The number of amides is 1. The number of aliphatic hydroxyl groups is 1. The molecule has 2 aromatic rings. The zero-order valence-electron chi connectivity index (χ0n) is 12.7. The predicted molar refractivity (Wildman–Crippen MR) is 77.1 cm³/mol. The fourth-order valence-electron chi connectivity index (χ4n) is 2.92. The van der Waals surface area contributed by atoms with Gasteiger partial charge in [0.15, 0.2) is 12.1 Å². The molecule has 24 heavy (non-hydrogen) atoms. The van der Waals surface area contributed by atoms with Crippen LogP contribution in [0.4, 0.5) is 13.2 Å². The summed E-state index contributed by atoms with van der Waals surface area (Å²) < 4.78 is 43.7. The Labute approximate surface area is 135 Å².